The zero-order valence-corrected chi connectivity index (χ0v) is 23.2. The minimum absolute atomic E-state index is 0.607. The molecule has 2 aliphatic rings. The lowest BCUT2D eigenvalue weighted by atomic mass is 9.99. The quantitative estimate of drug-likeness (QED) is 0.203. The zero-order valence-electron chi connectivity index (χ0n) is 23.2. The highest BCUT2D eigenvalue weighted by Gasteiger charge is 2.26. The molecule has 4 N–H and O–H groups in total. The van der Waals surface area contributed by atoms with E-state index in [1.807, 2.05) is 24.3 Å². The smallest absolute Gasteiger partial charge is 0.159 e. The van der Waals surface area contributed by atoms with E-state index in [1.165, 1.54) is 50.9 Å². The van der Waals surface area contributed by atoms with Crippen LogP contribution in [0.25, 0.3) is 44.5 Å². The number of hydrogen-bond acceptors (Lipinski definition) is 6. The highest BCUT2D eigenvalue weighted by Crippen LogP contribution is 2.31. The van der Waals surface area contributed by atoms with Crippen LogP contribution in [0.2, 0.25) is 0 Å². The van der Waals surface area contributed by atoms with Crippen LogP contribution in [0, 0.1) is 0 Å². The van der Waals surface area contributed by atoms with Gasteiger partial charge in [-0.05, 0) is 87.3 Å². The van der Waals surface area contributed by atoms with E-state index in [0.717, 1.165) is 75.1 Å². The Bertz CT molecular complexity index is 1780. The van der Waals surface area contributed by atoms with E-state index in [1.54, 1.807) is 0 Å². The first-order valence-corrected chi connectivity index (χ1v) is 14.9. The summed E-state index contributed by atoms with van der Waals surface area (Å²) in [6.07, 6.45) is 6.63. The number of aromatic nitrogens is 6. The van der Waals surface area contributed by atoms with Crippen LogP contribution >= 0.6 is 0 Å². The SMILES string of the molecule is c1ccc2[nH]c(CNc3ccc4[nH]nc(-c5nc6ccc(N7CCC(N8CCCCC8)CC7)cc6[nH]5)c4c3)nc2c1. The van der Waals surface area contributed by atoms with Crippen LogP contribution in [0.4, 0.5) is 11.4 Å². The number of para-hydroxylation sites is 2. The van der Waals surface area contributed by atoms with Gasteiger partial charge in [0.1, 0.15) is 11.5 Å². The number of fused-ring (bicyclic) bond motifs is 3. The molecule has 0 bridgehead atoms. The van der Waals surface area contributed by atoms with Gasteiger partial charge in [0.05, 0.1) is 34.1 Å². The molecule has 0 amide bonds. The Morgan fingerprint density at radius 1 is 0.780 bits per heavy atom. The summed E-state index contributed by atoms with van der Waals surface area (Å²) in [6.45, 7) is 5.40. The van der Waals surface area contributed by atoms with Gasteiger partial charge in [0.2, 0.25) is 0 Å². The van der Waals surface area contributed by atoms with Gasteiger partial charge in [-0.1, -0.05) is 18.6 Å². The van der Waals surface area contributed by atoms with Crippen molar-refractivity contribution < 1.29 is 0 Å². The van der Waals surface area contributed by atoms with Crippen LogP contribution in [-0.2, 0) is 6.54 Å². The molecule has 0 saturated carbocycles. The Morgan fingerprint density at radius 3 is 2.51 bits per heavy atom. The van der Waals surface area contributed by atoms with E-state index in [0.29, 0.717) is 6.54 Å². The standard InChI is InChI=1S/C32H35N9/c1-4-14-40(15-5-1)22-12-16-41(17-13-22)23-9-11-28-29(19-23)37-32(36-28)31-24-18-21(8-10-25(24)38-39-31)33-20-30-34-26-6-2-3-7-27(26)35-30/h2-3,6-11,18-19,22,33H,1,4-5,12-17,20H2,(H,34,35)(H,36,37)(H,38,39). The molecule has 0 radical (unpaired) electrons. The zero-order chi connectivity index (χ0) is 27.2. The lowest BCUT2D eigenvalue weighted by Crippen LogP contribution is -2.46. The number of anilines is 2. The number of aromatic amines is 3. The molecule has 0 aliphatic carbocycles. The second-order valence-corrected chi connectivity index (χ2v) is 11.5. The van der Waals surface area contributed by atoms with E-state index in [2.05, 4.69) is 76.7 Å². The number of benzene rings is 3. The maximum Gasteiger partial charge on any atom is 0.159 e. The number of rotatable bonds is 6. The number of likely N-dealkylation sites (tertiary alicyclic amines) is 1. The molecule has 41 heavy (non-hydrogen) atoms. The van der Waals surface area contributed by atoms with Gasteiger partial charge in [0.15, 0.2) is 5.82 Å². The van der Waals surface area contributed by atoms with Gasteiger partial charge in [0.25, 0.3) is 0 Å². The maximum absolute atomic E-state index is 4.91. The van der Waals surface area contributed by atoms with Crippen LogP contribution in [0.5, 0.6) is 0 Å². The van der Waals surface area contributed by atoms with Crippen molar-refractivity contribution in [1.29, 1.82) is 0 Å². The molecule has 0 spiro atoms. The molecule has 8 rings (SSSR count). The van der Waals surface area contributed by atoms with Gasteiger partial charge in [-0.15, -0.1) is 0 Å². The largest absolute Gasteiger partial charge is 0.378 e. The van der Waals surface area contributed by atoms with Crippen molar-refractivity contribution in [2.75, 3.05) is 36.4 Å². The molecule has 6 aromatic rings. The molecule has 0 atom stereocenters. The Morgan fingerprint density at radius 2 is 1.63 bits per heavy atom. The van der Waals surface area contributed by atoms with Gasteiger partial charge in [-0.3, -0.25) is 5.10 Å². The van der Waals surface area contributed by atoms with E-state index >= 15 is 0 Å². The van der Waals surface area contributed by atoms with Crippen LogP contribution in [-0.4, -0.2) is 67.3 Å². The van der Waals surface area contributed by atoms with Crippen LogP contribution in [0.15, 0.2) is 60.7 Å². The summed E-state index contributed by atoms with van der Waals surface area (Å²) in [6, 6.07) is 21.7. The maximum atomic E-state index is 4.91. The number of nitrogens with one attached hydrogen (secondary N) is 4. The lowest BCUT2D eigenvalue weighted by Gasteiger charge is -2.41. The van der Waals surface area contributed by atoms with Crippen molar-refractivity contribution >= 4 is 44.3 Å². The summed E-state index contributed by atoms with van der Waals surface area (Å²) in [5.41, 5.74) is 8.12. The average Bonchev–Trinajstić information content (AvgIpc) is 3.76. The molecule has 9 heteroatoms. The summed E-state index contributed by atoms with van der Waals surface area (Å²) < 4.78 is 0. The van der Waals surface area contributed by atoms with Crippen molar-refractivity contribution in [2.24, 2.45) is 0 Å². The fraction of sp³-hybridized carbons (Fsp3) is 0.344. The Balaban J connectivity index is 0.998. The van der Waals surface area contributed by atoms with Gasteiger partial charge in [-0.2, -0.15) is 5.10 Å². The third-order valence-electron chi connectivity index (χ3n) is 8.89. The summed E-state index contributed by atoms with van der Waals surface area (Å²) in [5, 5.41) is 12.3. The van der Waals surface area contributed by atoms with E-state index in [9.17, 15) is 0 Å². The van der Waals surface area contributed by atoms with Gasteiger partial charge < -0.3 is 25.1 Å². The average molecular weight is 546 g/mol. The second kappa shape index (κ2) is 10.2. The van der Waals surface area contributed by atoms with Crippen molar-refractivity contribution in [2.45, 2.75) is 44.7 Å². The Kier molecular flexibility index (Phi) is 6.09. The minimum Gasteiger partial charge on any atom is -0.378 e. The molecule has 2 saturated heterocycles. The third kappa shape index (κ3) is 4.70. The normalized spacial score (nSPS) is 17.2. The van der Waals surface area contributed by atoms with Crippen LogP contribution in [0.1, 0.15) is 37.9 Å². The third-order valence-corrected chi connectivity index (χ3v) is 8.89. The first-order chi connectivity index (χ1) is 20.3. The van der Waals surface area contributed by atoms with Crippen molar-refractivity contribution in [1.82, 2.24) is 35.0 Å². The van der Waals surface area contributed by atoms with E-state index in [4.69, 9.17) is 4.98 Å². The predicted molar refractivity (Wildman–Crippen MR) is 165 cm³/mol. The van der Waals surface area contributed by atoms with Gasteiger partial charge in [-0.25, -0.2) is 9.97 Å². The van der Waals surface area contributed by atoms with Crippen molar-refractivity contribution in [3.05, 3.63) is 66.5 Å². The van der Waals surface area contributed by atoms with Crippen molar-refractivity contribution in [3.63, 3.8) is 0 Å². The number of nitrogens with zero attached hydrogens (tertiary/aromatic N) is 5. The van der Waals surface area contributed by atoms with Gasteiger partial charge in [0, 0.05) is 35.9 Å². The molecule has 5 heterocycles. The number of hydrogen-bond donors (Lipinski definition) is 4. The predicted octanol–water partition coefficient (Wildman–Crippen LogP) is 6.05. The minimum atomic E-state index is 0.607. The molecule has 0 unspecified atom stereocenters. The molecule has 2 aliphatic heterocycles. The van der Waals surface area contributed by atoms with E-state index < -0.39 is 0 Å². The molecular formula is C32H35N9. The molecule has 9 nitrogen and oxygen atoms in total. The number of piperidine rings is 2. The fourth-order valence-corrected chi connectivity index (χ4v) is 6.66. The molecular weight excluding hydrogens is 510 g/mol. The van der Waals surface area contributed by atoms with Crippen LogP contribution < -0.4 is 10.2 Å². The first kappa shape index (κ1) is 24.4. The molecule has 3 aromatic carbocycles. The highest BCUT2D eigenvalue weighted by molar-refractivity contribution is 5.95. The van der Waals surface area contributed by atoms with Crippen molar-refractivity contribution in [3.8, 4) is 11.5 Å². The van der Waals surface area contributed by atoms with E-state index in [-0.39, 0.29) is 0 Å². The van der Waals surface area contributed by atoms with Crippen LogP contribution in [0.3, 0.4) is 0 Å². The molecule has 208 valence electrons. The highest BCUT2D eigenvalue weighted by atomic mass is 15.2. The Hall–Kier alpha value is -4.37. The first-order valence-electron chi connectivity index (χ1n) is 14.9. The molecule has 2 fully saturated rings. The summed E-state index contributed by atoms with van der Waals surface area (Å²) in [5.74, 6) is 1.68. The number of imidazole rings is 2. The number of H-pyrrole nitrogens is 3. The monoisotopic (exact) mass is 545 g/mol. The summed E-state index contributed by atoms with van der Waals surface area (Å²) in [7, 11) is 0. The topological polar surface area (TPSA) is 105 Å². The summed E-state index contributed by atoms with van der Waals surface area (Å²) in [4.78, 5) is 21.8. The lowest BCUT2D eigenvalue weighted by molar-refractivity contribution is 0.141. The fourth-order valence-electron chi connectivity index (χ4n) is 6.66. The second-order valence-electron chi connectivity index (χ2n) is 11.5. The summed E-state index contributed by atoms with van der Waals surface area (Å²) >= 11 is 0. The van der Waals surface area contributed by atoms with Gasteiger partial charge >= 0.3 is 0 Å². The Labute approximate surface area is 238 Å². The molecule has 3 aromatic heterocycles.